The van der Waals surface area contributed by atoms with Gasteiger partial charge in [-0.3, -0.25) is 4.79 Å². The van der Waals surface area contributed by atoms with Crippen molar-refractivity contribution >= 4 is 17.7 Å². The molecule has 0 aromatic rings. The smallest absolute Gasteiger partial charge is 0.309 e. The van der Waals surface area contributed by atoms with Gasteiger partial charge in [-0.1, -0.05) is 13.8 Å². The summed E-state index contributed by atoms with van der Waals surface area (Å²) in [5, 5.41) is 0.414. The summed E-state index contributed by atoms with van der Waals surface area (Å²) in [6.07, 6.45) is 0. The molecule has 0 saturated heterocycles. The first-order chi connectivity index (χ1) is 6.11. The zero-order valence-corrected chi connectivity index (χ0v) is 9.39. The Balaban J connectivity index is 3.60. The number of hydrogen-bond acceptors (Lipinski definition) is 4. The molecule has 0 heterocycles. The summed E-state index contributed by atoms with van der Waals surface area (Å²) in [7, 11) is 0. The maximum atomic E-state index is 11.2. The number of hydrogen-bond donors (Lipinski definition) is 1. The van der Waals surface area contributed by atoms with Gasteiger partial charge in [0.15, 0.2) is 0 Å². The average molecular weight is 205 g/mol. The topological polar surface area (TPSA) is 52.3 Å². The molecule has 0 aliphatic carbocycles. The highest BCUT2D eigenvalue weighted by molar-refractivity contribution is 7.99. The lowest BCUT2D eigenvalue weighted by Gasteiger charge is -2.12. The highest BCUT2D eigenvalue weighted by Crippen LogP contribution is 2.14. The van der Waals surface area contributed by atoms with E-state index in [1.165, 1.54) is 0 Å². The Morgan fingerprint density at radius 3 is 2.62 bits per heavy atom. The Morgan fingerprint density at radius 1 is 1.54 bits per heavy atom. The Morgan fingerprint density at radius 2 is 2.15 bits per heavy atom. The van der Waals surface area contributed by atoms with Gasteiger partial charge in [0.2, 0.25) is 0 Å². The first kappa shape index (κ1) is 12.8. The highest BCUT2D eigenvalue weighted by Gasteiger charge is 2.14. The van der Waals surface area contributed by atoms with Crippen molar-refractivity contribution in [3.05, 3.63) is 0 Å². The van der Waals surface area contributed by atoms with E-state index in [1.54, 1.807) is 11.8 Å². The molecule has 4 heteroatoms. The fraction of sp³-hybridized carbons (Fsp3) is 0.889. The molecule has 0 radical (unpaired) electrons. The molecule has 2 N–H and O–H groups in total. The first-order valence-corrected chi connectivity index (χ1v) is 5.65. The van der Waals surface area contributed by atoms with Crippen LogP contribution in [0.15, 0.2) is 0 Å². The predicted octanol–water partition coefficient (Wildman–Crippen LogP) is 1.27. The summed E-state index contributed by atoms with van der Waals surface area (Å²) in [6.45, 7) is 6.87. The van der Waals surface area contributed by atoms with Crippen molar-refractivity contribution in [2.45, 2.75) is 26.0 Å². The van der Waals surface area contributed by atoms with Gasteiger partial charge in [0.1, 0.15) is 0 Å². The Bertz CT molecular complexity index is 153. The summed E-state index contributed by atoms with van der Waals surface area (Å²) < 4.78 is 4.89. The van der Waals surface area contributed by atoms with Crippen LogP contribution in [0.4, 0.5) is 0 Å². The third kappa shape index (κ3) is 5.93. The van der Waals surface area contributed by atoms with Crippen molar-refractivity contribution in [1.82, 2.24) is 0 Å². The van der Waals surface area contributed by atoms with Gasteiger partial charge in [-0.15, -0.1) is 0 Å². The normalized spacial score (nSPS) is 15.1. The fourth-order valence-corrected chi connectivity index (χ4v) is 1.62. The van der Waals surface area contributed by atoms with Crippen molar-refractivity contribution in [2.75, 3.05) is 18.9 Å². The summed E-state index contributed by atoms with van der Waals surface area (Å²) in [6, 6.07) is 0. The number of thioether (sulfide) groups is 1. The van der Waals surface area contributed by atoms with E-state index in [0.29, 0.717) is 18.4 Å². The molecule has 3 nitrogen and oxygen atoms in total. The van der Waals surface area contributed by atoms with Crippen LogP contribution in [-0.4, -0.2) is 30.1 Å². The molecule has 0 fully saturated rings. The predicted molar refractivity (Wildman–Crippen MR) is 56.8 cm³/mol. The van der Waals surface area contributed by atoms with Crippen molar-refractivity contribution < 1.29 is 9.53 Å². The van der Waals surface area contributed by atoms with Crippen LogP contribution in [0.3, 0.4) is 0 Å². The maximum Gasteiger partial charge on any atom is 0.309 e. The van der Waals surface area contributed by atoms with Crippen LogP contribution in [0.5, 0.6) is 0 Å². The third-order valence-corrected chi connectivity index (χ3v) is 3.11. The van der Waals surface area contributed by atoms with Gasteiger partial charge in [0.05, 0.1) is 12.5 Å². The minimum Gasteiger partial charge on any atom is -0.466 e. The summed E-state index contributed by atoms with van der Waals surface area (Å²) in [4.78, 5) is 11.2. The minimum atomic E-state index is -0.112. The molecule has 0 amide bonds. The van der Waals surface area contributed by atoms with E-state index in [0.717, 1.165) is 5.75 Å². The van der Waals surface area contributed by atoms with Crippen molar-refractivity contribution in [2.24, 2.45) is 11.7 Å². The Kier molecular flexibility index (Phi) is 7.09. The van der Waals surface area contributed by atoms with Crippen LogP contribution in [0.1, 0.15) is 20.8 Å². The second-order valence-electron chi connectivity index (χ2n) is 3.03. The lowest BCUT2D eigenvalue weighted by atomic mass is 10.2. The molecule has 0 aromatic heterocycles. The number of ether oxygens (including phenoxy) is 1. The van der Waals surface area contributed by atoms with E-state index in [2.05, 4.69) is 6.92 Å². The van der Waals surface area contributed by atoms with Gasteiger partial charge in [0, 0.05) is 17.5 Å². The molecule has 0 aliphatic rings. The average Bonchev–Trinajstić information content (AvgIpc) is 2.13. The molecule has 0 aromatic carbocycles. The second-order valence-corrected chi connectivity index (χ2v) is 4.50. The summed E-state index contributed by atoms with van der Waals surface area (Å²) in [5.41, 5.74) is 5.46. The SMILES string of the molecule is CCOC(=O)C(C)CSC(C)CN. The van der Waals surface area contributed by atoms with Crippen molar-refractivity contribution in [3.63, 3.8) is 0 Å². The van der Waals surface area contributed by atoms with Crippen molar-refractivity contribution in [1.29, 1.82) is 0 Å². The number of carbonyl (C=O) groups excluding carboxylic acids is 1. The summed E-state index contributed by atoms with van der Waals surface area (Å²) in [5.74, 6) is 0.648. The van der Waals surface area contributed by atoms with Gasteiger partial charge in [0.25, 0.3) is 0 Å². The molecule has 0 bridgehead atoms. The van der Waals surface area contributed by atoms with Crippen LogP contribution >= 0.6 is 11.8 Å². The largest absolute Gasteiger partial charge is 0.466 e. The standard InChI is InChI=1S/C9H19NO2S/c1-4-12-9(11)7(2)6-13-8(3)5-10/h7-8H,4-6,10H2,1-3H3. The maximum absolute atomic E-state index is 11.2. The lowest BCUT2D eigenvalue weighted by molar-refractivity contribution is -0.146. The molecule has 13 heavy (non-hydrogen) atoms. The zero-order valence-electron chi connectivity index (χ0n) is 8.58. The number of carbonyl (C=O) groups is 1. The van der Waals surface area contributed by atoms with E-state index >= 15 is 0 Å². The number of nitrogens with two attached hydrogens (primary N) is 1. The van der Waals surface area contributed by atoms with Crippen LogP contribution in [0.2, 0.25) is 0 Å². The van der Waals surface area contributed by atoms with E-state index in [4.69, 9.17) is 10.5 Å². The van der Waals surface area contributed by atoms with Crippen LogP contribution in [0, 0.1) is 5.92 Å². The number of esters is 1. The highest BCUT2D eigenvalue weighted by atomic mass is 32.2. The zero-order chi connectivity index (χ0) is 10.3. The molecular formula is C9H19NO2S. The molecule has 0 aliphatic heterocycles. The van der Waals surface area contributed by atoms with Gasteiger partial charge in [-0.25, -0.2) is 0 Å². The van der Waals surface area contributed by atoms with Gasteiger partial charge < -0.3 is 10.5 Å². The second kappa shape index (κ2) is 7.21. The van der Waals surface area contributed by atoms with Crippen LogP contribution < -0.4 is 5.73 Å². The van der Waals surface area contributed by atoms with Crippen LogP contribution in [-0.2, 0) is 9.53 Å². The first-order valence-electron chi connectivity index (χ1n) is 4.60. The molecule has 0 saturated carbocycles. The Hall–Kier alpha value is -0.220. The molecule has 0 rings (SSSR count). The number of rotatable bonds is 6. The third-order valence-electron chi connectivity index (χ3n) is 1.65. The van der Waals surface area contributed by atoms with E-state index in [1.807, 2.05) is 13.8 Å². The molecule has 2 unspecified atom stereocenters. The van der Waals surface area contributed by atoms with Gasteiger partial charge in [-0.05, 0) is 6.92 Å². The van der Waals surface area contributed by atoms with Crippen molar-refractivity contribution in [3.8, 4) is 0 Å². The minimum absolute atomic E-state index is 0.0288. The lowest BCUT2D eigenvalue weighted by Crippen LogP contribution is -2.20. The van der Waals surface area contributed by atoms with E-state index in [9.17, 15) is 4.79 Å². The van der Waals surface area contributed by atoms with E-state index in [-0.39, 0.29) is 11.9 Å². The van der Waals surface area contributed by atoms with E-state index < -0.39 is 0 Å². The fourth-order valence-electron chi connectivity index (χ4n) is 0.729. The molecule has 0 spiro atoms. The van der Waals surface area contributed by atoms with Crippen LogP contribution in [0.25, 0.3) is 0 Å². The monoisotopic (exact) mass is 205 g/mol. The Labute approximate surface area is 84.4 Å². The van der Waals surface area contributed by atoms with Gasteiger partial charge in [-0.2, -0.15) is 11.8 Å². The molecule has 2 atom stereocenters. The van der Waals surface area contributed by atoms with Gasteiger partial charge >= 0.3 is 5.97 Å². The molecule has 78 valence electrons. The summed E-state index contributed by atoms with van der Waals surface area (Å²) >= 11 is 1.71. The molecular weight excluding hydrogens is 186 g/mol. The quantitative estimate of drug-likeness (QED) is 0.663.